The number of anilines is 1. The summed E-state index contributed by atoms with van der Waals surface area (Å²) >= 11 is 6.28. The lowest BCUT2D eigenvalue weighted by atomic mass is 10.2. The predicted molar refractivity (Wildman–Crippen MR) is 130 cm³/mol. The van der Waals surface area contributed by atoms with Crippen molar-refractivity contribution < 1.29 is 0 Å². The molecule has 0 aromatic carbocycles. The highest BCUT2D eigenvalue weighted by Gasteiger charge is 2.25. The average Bonchev–Trinajstić information content (AvgIpc) is 3.44. The van der Waals surface area contributed by atoms with Gasteiger partial charge in [0.2, 0.25) is 0 Å². The Labute approximate surface area is 197 Å². The zero-order valence-corrected chi connectivity index (χ0v) is 19.7. The highest BCUT2D eigenvalue weighted by Crippen LogP contribution is 2.25. The molecule has 3 aromatic heterocycles. The fourth-order valence-electron chi connectivity index (χ4n) is 3.35. The summed E-state index contributed by atoms with van der Waals surface area (Å²) in [5.41, 5.74) is 1.10. The van der Waals surface area contributed by atoms with Crippen molar-refractivity contribution in [1.29, 1.82) is 0 Å². The maximum atomic E-state index is 6.28. The van der Waals surface area contributed by atoms with E-state index in [9.17, 15) is 0 Å². The molecule has 8 nitrogen and oxygen atoms in total. The molecular weight excluding hydrogens is 515 g/mol. The van der Waals surface area contributed by atoms with Gasteiger partial charge in [0.25, 0.3) is 0 Å². The van der Waals surface area contributed by atoms with Crippen LogP contribution in [-0.4, -0.2) is 51.9 Å². The Bertz CT molecular complexity index is 978. The molecule has 1 aliphatic rings. The van der Waals surface area contributed by atoms with Crippen molar-refractivity contribution in [1.82, 2.24) is 30.4 Å². The number of guanidine groups is 1. The summed E-state index contributed by atoms with van der Waals surface area (Å²) in [6.45, 7) is 2.37. The van der Waals surface area contributed by atoms with E-state index in [-0.39, 0.29) is 30.0 Å². The monoisotopic (exact) mass is 538 g/mol. The van der Waals surface area contributed by atoms with Crippen molar-refractivity contribution in [2.45, 2.75) is 19.0 Å². The number of halogens is 2. The topological polar surface area (TPSA) is 83.3 Å². The van der Waals surface area contributed by atoms with Crippen molar-refractivity contribution in [2.75, 3.05) is 25.0 Å². The molecule has 1 saturated heterocycles. The minimum Gasteiger partial charge on any atom is -0.353 e. The molecule has 1 atom stereocenters. The van der Waals surface area contributed by atoms with Crippen LogP contribution in [0.15, 0.2) is 60.1 Å². The zero-order valence-electron chi connectivity index (χ0n) is 16.6. The van der Waals surface area contributed by atoms with Gasteiger partial charge in [-0.15, -0.1) is 24.0 Å². The lowest BCUT2D eigenvalue weighted by Crippen LogP contribution is -2.44. The molecule has 4 heterocycles. The average molecular weight is 539 g/mol. The van der Waals surface area contributed by atoms with Gasteiger partial charge in [0, 0.05) is 57.5 Å². The normalized spacial score (nSPS) is 16.3. The maximum Gasteiger partial charge on any atom is 0.191 e. The van der Waals surface area contributed by atoms with E-state index in [2.05, 4.69) is 35.6 Å². The van der Waals surface area contributed by atoms with Crippen molar-refractivity contribution >= 4 is 47.4 Å². The van der Waals surface area contributed by atoms with Crippen LogP contribution in [0.4, 0.5) is 5.82 Å². The zero-order chi connectivity index (χ0) is 20.1. The molecule has 3 aromatic rings. The lowest BCUT2D eigenvalue weighted by Gasteiger charge is -2.20. The van der Waals surface area contributed by atoms with Gasteiger partial charge >= 0.3 is 0 Å². The highest BCUT2D eigenvalue weighted by molar-refractivity contribution is 14.0. The van der Waals surface area contributed by atoms with Crippen LogP contribution in [0.3, 0.4) is 0 Å². The van der Waals surface area contributed by atoms with Gasteiger partial charge in [-0.25, -0.2) is 14.6 Å². The van der Waals surface area contributed by atoms with Crippen LogP contribution in [0.25, 0.3) is 5.82 Å². The predicted octanol–water partition coefficient (Wildman–Crippen LogP) is 2.88. The van der Waals surface area contributed by atoms with Gasteiger partial charge < -0.3 is 15.5 Å². The SMILES string of the molecule is CN=C(NCc1ccnc(-n2cccn2)c1)NC1CCN(c2ncccc2Cl)C1.I. The second-order valence-corrected chi connectivity index (χ2v) is 7.19. The smallest absolute Gasteiger partial charge is 0.191 e. The van der Waals surface area contributed by atoms with E-state index in [0.29, 0.717) is 11.6 Å². The van der Waals surface area contributed by atoms with Gasteiger partial charge in [0.1, 0.15) is 5.82 Å². The van der Waals surface area contributed by atoms with E-state index in [0.717, 1.165) is 42.7 Å². The number of hydrogen-bond acceptors (Lipinski definition) is 5. The summed E-state index contributed by atoms with van der Waals surface area (Å²) in [5.74, 6) is 2.39. The number of nitrogens with one attached hydrogen (secondary N) is 2. The Morgan fingerprint density at radius 3 is 2.90 bits per heavy atom. The van der Waals surface area contributed by atoms with Crippen LogP contribution in [0.2, 0.25) is 5.02 Å². The number of hydrogen-bond donors (Lipinski definition) is 2. The van der Waals surface area contributed by atoms with Crippen LogP contribution in [0.5, 0.6) is 0 Å². The second kappa shape index (κ2) is 10.6. The Morgan fingerprint density at radius 1 is 1.23 bits per heavy atom. The Balaban J connectivity index is 0.00000256. The first-order valence-corrected chi connectivity index (χ1v) is 9.88. The summed E-state index contributed by atoms with van der Waals surface area (Å²) in [6.07, 6.45) is 8.16. The summed E-state index contributed by atoms with van der Waals surface area (Å²) in [7, 11) is 1.78. The fourth-order valence-corrected chi connectivity index (χ4v) is 3.60. The molecule has 1 aliphatic heterocycles. The third-order valence-electron chi connectivity index (χ3n) is 4.80. The minimum atomic E-state index is 0. The molecule has 10 heteroatoms. The summed E-state index contributed by atoms with van der Waals surface area (Å²) in [5, 5.41) is 11.8. The van der Waals surface area contributed by atoms with Gasteiger partial charge in [0.15, 0.2) is 11.8 Å². The highest BCUT2D eigenvalue weighted by atomic mass is 127. The van der Waals surface area contributed by atoms with Gasteiger partial charge in [-0.05, 0) is 42.3 Å². The van der Waals surface area contributed by atoms with Crippen molar-refractivity contribution in [3.05, 3.63) is 65.7 Å². The van der Waals surface area contributed by atoms with Gasteiger partial charge in [-0.1, -0.05) is 11.6 Å². The van der Waals surface area contributed by atoms with Crippen LogP contribution in [0.1, 0.15) is 12.0 Å². The molecule has 158 valence electrons. The molecule has 1 fully saturated rings. The van der Waals surface area contributed by atoms with Crippen molar-refractivity contribution in [2.24, 2.45) is 4.99 Å². The molecule has 2 N–H and O–H groups in total. The van der Waals surface area contributed by atoms with Crippen LogP contribution in [-0.2, 0) is 6.54 Å². The molecule has 0 bridgehead atoms. The largest absolute Gasteiger partial charge is 0.353 e. The van der Waals surface area contributed by atoms with Crippen LogP contribution >= 0.6 is 35.6 Å². The van der Waals surface area contributed by atoms with Gasteiger partial charge in [-0.2, -0.15) is 5.10 Å². The van der Waals surface area contributed by atoms with E-state index in [1.54, 1.807) is 30.3 Å². The minimum absolute atomic E-state index is 0. The number of aliphatic imine (C=N–C) groups is 1. The van der Waals surface area contributed by atoms with E-state index in [1.165, 1.54) is 0 Å². The molecule has 0 amide bonds. The Kier molecular flexibility index (Phi) is 7.86. The molecule has 0 radical (unpaired) electrons. The molecule has 0 saturated carbocycles. The molecular formula is C20H24ClIN8. The van der Waals surface area contributed by atoms with Gasteiger partial charge in [-0.3, -0.25) is 4.99 Å². The summed E-state index contributed by atoms with van der Waals surface area (Å²) < 4.78 is 1.74. The summed E-state index contributed by atoms with van der Waals surface area (Å²) in [4.78, 5) is 15.3. The van der Waals surface area contributed by atoms with E-state index in [1.807, 2.05) is 36.5 Å². The number of rotatable bonds is 5. The van der Waals surface area contributed by atoms with Crippen molar-refractivity contribution in [3.8, 4) is 5.82 Å². The molecule has 30 heavy (non-hydrogen) atoms. The van der Waals surface area contributed by atoms with Crippen molar-refractivity contribution in [3.63, 3.8) is 0 Å². The van der Waals surface area contributed by atoms with Crippen LogP contribution in [0, 0.1) is 0 Å². The van der Waals surface area contributed by atoms with E-state index >= 15 is 0 Å². The molecule has 4 rings (SSSR count). The van der Waals surface area contributed by atoms with Gasteiger partial charge in [0.05, 0.1) is 5.02 Å². The standard InChI is InChI=1S/C20H23ClN8.HI/c1-22-20(25-13-15-5-9-23-18(12-15)29-10-3-8-26-29)27-16-6-11-28(14-16)19-17(21)4-2-7-24-19;/h2-5,7-10,12,16H,6,11,13-14H2,1H3,(H2,22,25,27);1H. The molecule has 1 unspecified atom stereocenters. The first kappa shape index (κ1) is 22.3. The first-order chi connectivity index (χ1) is 14.2. The number of nitrogens with zero attached hydrogens (tertiary/aromatic N) is 6. The summed E-state index contributed by atoms with van der Waals surface area (Å²) in [6, 6.07) is 9.86. The van der Waals surface area contributed by atoms with Crippen LogP contribution < -0.4 is 15.5 Å². The maximum absolute atomic E-state index is 6.28. The van der Waals surface area contributed by atoms with E-state index in [4.69, 9.17) is 11.6 Å². The lowest BCUT2D eigenvalue weighted by molar-refractivity contribution is 0.648. The number of aromatic nitrogens is 4. The third-order valence-corrected chi connectivity index (χ3v) is 5.10. The molecule has 0 aliphatic carbocycles. The fraction of sp³-hybridized carbons (Fsp3) is 0.300. The third kappa shape index (κ3) is 5.39. The second-order valence-electron chi connectivity index (χ2n) is 6.78. The first-order valence-electron chi connectivity index (χ1n) is 9.50. The Hall–Kier alpha value is -2.40. The number of pyridine rings is 2. The molecule has 0 spiro atoms. The van der Waals surface area contributed by atoms with E-state index < -0.39 is 0 Å². The Morgan fingerprint density at radius 2 is 2.13 bits per heavy atom. The quantitative estimate of drug-likeness (QED) is 0.295.